The Labute approximate surface area is 102 Å². The maximum atomic E-state index is 13.7. The van der Waals surface area contributed by atoms with Crippen LogP contribution in [0.4, 0.5) is 8.78 Å². The van der Waals surface area contributed by atoms with Crippen molar-refractivity contribution in [1.29, 1.82) is 5.26 Å². The van der Waals surface area contributed by atoms with Crippen LogP contribution in [0.2, 0.25) is 0 Å². The summed E-state index contributed by atoms with van der Waals surface area (Å²) in [6.07, 6.45) is 1.31. The topological polar surface area (TPSA) is 45.9 Å². The van der Waals surface area contributed by atoms with Gasteiger partial charge in [-0.05, 0) is 12.1 Å². The summed E-state index contributed by atoms with van der Waals surface area (Å²) in [7, 11) is 1.37. The molecule has 1 aromatic heterocycles. The number of pyridine rings is 1. The van der Waals surface area contributed by atoms with Gasteiger partial charge in [-0.15, -0.1) is 0 Å². The normalized spacial score (nSPS) is 9.89. The number of nitriles is 1. The van der Waals surface area contributed by atoms with E-state index in [4.69, 9.17) is 10.00 Å². The maximum Gasteiger partial charge on any atom is 0.221 e. The summed E-state index contributed by atoms with van der Waals surface area (Å²) < 4.78 is 31.9. The molecule has 0 radical (unpaired) electrons. The number of benzene rings is 1. The first-order valence-corrected chi connectivity index (χ1v) is 5.06. The quantitative estimate of drug-likeness (QED) is 0.818. The average molecular weight is 246 g/mol. The molecule has 0 saturated carbocycles. The molecule has 0 aliphatic rings. The van der Waals surface area contributed by atoms with Crippen LogP contribution in [-0.4, -0.2) is 12.1 Å². The number of hydrogen-bond acceptors (Lipinski definition) is 3. The van der Waals surface area contributed by atoms with E-state index in [1.54, 1.807) is 0 Å². The monoisotopic (exact) mass is 246 g/mol. The van der Waals surface area contributed by atoms with Gasteiger partial charge in [-0.3, -0.25) is 0 Å². The third-order valence-corrected chi connectivity index (χ3v) is 2.42. The highest BCUT2D eigenvalue weighted by atomic mass is 19.2. The first-order chi connectivity index (χ1) is 8.67. The van der Waals surface area contributed by atoms with Gasteiger partial charge in [0.2, 0.25) is 5.88 Å². The Kier molecular flexibility index (Phi) is 3.20. The van der Waals surface area contributed by atoms with Crippen LogP contribution >= 0.6 is 0 Å². The first-order valence-electron chi connectivity index (χ1n) is 5.06. The standard InChI is InChI=1S/C13H8F2N2O/c1-18-13-10(5-8(6-16)7-17-13)9-3-2-4-11(14)12(9)15/h2-5,7H,1H3. The van der Waals surface area contributed by atoms with Crippen molar-refractivity contribution in [3.05, 3.63) is 47.7 Å². The highest BCUT2D eigenvalue weighted by Crippen LogP contribution is 2.31. The molecular weight excluding hydrogens is 238 g/mol. The van der Waals surface area contributed by atoms with Crippen molar-refractivity contribution in [3.63, 3.8) is 0 Å². The molecule has 0 unspecified atom stereocenters. The lowest BCUT2D eigenvalue weighted by Crippen LogP contribution is -1.96. The van der Waals surface area contributed by atoms with E-state index in [9.17, 15) is 8.78 Å². The van der Waals surface area contributed by atoms with Gasteiger partial charge < -0.3 is 4.74 Å². The third kappa shape index (κ3) is 2.00. The molecule has 0 spiro atoms. The predicted octanol–water partition coefficient (Wildman–Crippen LogP) is 2.91. The van der Waals surface area contributed by atoms with E-state index in [2.05, 4.69) is 4.98 Å². The lowest BCUT2D eigenvalue weighted by Gasteiger charge is -2.08. The fraction of sp³-hybridized carbons (Fsp3) is 0.0769. The third-order valence-electron chi connectivity index (χ3n) is 2.42. The summed E-state index contributed by atoms with van der Waals surface area (Å²) >= 11 is 0. The Morgan fingerprint density at radius 3 is 2.72 bits per heavy atom. The molecule has 0 fully saturated rings. The lowest BCUT2D eigenvalue weighted by molar-refractivity contribution is 0.399. The minimum Gasteiger partial charge on any atom is -0.481 e. The second-order valence-corrected chi connectivity index (χ2v) is 3.49. The van der Waals surface area contributed by atoms with Crippen molar-refractivity contribution in [2.75, 3.05) is 7.11 Å². The van der Waals surface area contributed by atoms with Gasteiger partial charge in [-0.25, -0.2) is 13.8 Å². The maximum absolute atomic E-state index is 13.7. The van der Waals surface area contributed by atoms with Crippen LogP contribution in [-0.2, 0) is 0 Å². The van der Waals surface area contributed by atoms with Crippen LogP contribution in [0.15, 0.2) is 30.5 Å². The molecule has 5 heteroatoms. The van der Waals surface area contributed by atoms with Crippen molar-refractivity contribution in [3.8, 4) is 23.1 Å². The Hall–Kier alpha value is -2.48. The first kappa shape index (κ1) is 12.0. The number of rotatable bonds is 2. The SMILES string of the molecule is COc1ncc(C#N)cc1-c1cccc(F)c1F. The average Bonchev–Trinajstić information content (AvgIpc) is 2.41. The largest absolute Gasteiger partial charge is 0.481 e. The van der Waals surface area contributed by atoms with Gasteiger partial charge >= 0.3 is 0 Å². The van der Waals surface area contributed by atoms with Crippen molar-refractivity contribution in [2.45, 2.75) is 0 Å². The molecule has 90 valence electrons. The molecule has 1 aromatic carbocycles. The van der Waals surface area contributed by atoms with E-state index >= 15 is 0 Å². The van der Waals surface area contributed by atoms with E-state index in [-0.39, 0.29) is 22.6 Å². The van der Waals surface area contributed by atoms with Gasteiger partial charge in [0.1, 0.15) is 6.07 Å². The highest BCUT2D eigenvalue weighted by Gasteiger charge is 2.15. The molecule has 0 bridgehead atoms. The van der Waals surface area contributed by atoms with Crippen LogP contribution in [0.1, 0.15) is 5.56 Å². The number of halogens is 2. The van der Waals surface area contributed by atoms with Crippen LogP contribution in [0, 0.1) is 23.0 Å². The zero-order valence-electron chi connectivity index (χ0n) is 9.45. The Balaban J connectivity index is 2.69. The Morgan fingerprint density at radius 1 is 1.28 bits per heavy atom. The molecule has 0 atom stereocenters. The van der Waals surface area contributed by atoms with Gasteiger partial charge in [-0.1, -0.05) is 12.1 Å². The molecule has 2 aromatic rings. The molecule has 1 heterocycles. The number of ether oxygens (including phenoxy) is 1. The molecule has 2 rings (SSSR count). The molecule has 0 aliphatic carbocycles. The molecule has 0 N–H and O–H groups in total. The second kappa shape index (κ2) is 4.80. The minimum absolute atomic E-state index is 0.0106. The van der Waals surface area contributed by atoms with Gasteiger partial charge in [0, 0.05) is 17.3 Å². The van der Waals surface area contributed by atoms with E-state index in [1.165, 1.54) is 31.5 Å². The molecule has 0 amide bonds. The van der Waals surface area contributed by atoms with Gasteiger partial charge in [0.25, 0.3) is 0 Å². The fourth-order valence-electron chi connectivity index (χ4n) is 1.58. The summed E-state index contributed by atoms with van der Waals surface area (Å²) in [6.45, 7) is 0. The van der Waals surface area contributed by atoms with E-state index in [1.807, 2.05) is 6.07 Å². The van der Waals surface area contributed by atoms with Gasteiger partial charge in [0.05, 0.1) is 12.7 Å². The summed E-state index contributed by atoms with van der Waals surface area (Å²) in [4.78, 5) is 3.88. The molecule has 0 aliphatic heterocycles. The van der Waals surface area contributed by atoms with E-state index < -0.39 is 11.6 Å². The number of nitrogens with zero attached hydrogens (tertiary/aromatic N) is 2. The van der Waals surface area contributed by atoms with Crippen LogP contribution in [0.5, 0.6) is 5.88 Å². The molecule has 18 heavy (non-hydrogen) atoms. The summed E-state index contributed by atoms with van der Waals surface area (Å²) in [6, 6.07) is 7.10. The fourth-order valence-corrected chi connectivity index (χ4v) is 1.58. The van der Waals surface area contributed by atoms with Gasteiger partial charge in [-0.2, -0.15) is 5.26 Å². The zero-order chi connectivity index (χ0) is 13.1. The number of methoxy groups -OCH3 is 1. The van der Waals surface area contributed by atoms with Crippen molar-refractivity contribution in [1.82, 2.24) is 4.98 Å². The van der Waals surface area contributed by atoms with Crippen LogP contribution in [0.3, 0.4) is 0 Å². The van der Waals surface area contributed by atoms with E-state index in [0.717, 1.165) is 6.07 Å². The molecule has 3 nitrogen and oxygen atoms in total. The summed E-state index contributed by atoms with van der Waals surface area (Å²) in [5.41, 5.74) is 0.500. The Bertz CT molecular complexity index is 635. The molecule has 0 saturated heterocycles. The zero-order valence-corrected chi connectivity index (χ0v) is 9.45. The van der Waals surface area contributed by atoms with Crippen LogP contribution < -0.4 is 4.74 Å². The predicted molar refractivity (Wildman–Crippen MR) is 60.9 cm³/mol. The van der Waals surface area contributed by atoms with Crippen molar-refractivity contribution >= 4 is 0 Å². The lowest BCUT2D eigenvalue weighted by atomic mass is 10.0. The number of hydrogen-bond donors (Lipinski definition) is 0. The van der Waals surface area contributed by atoms with Crippen LogP contribution in [0.25, 0.3) is 11.1 Å². The summed E-state index contributed by atoms with van der Waals surface area (Å²) in [5.74, 6) is -1.82. The smallest absolute Gasteiger partial charge is 0.221 e. The molecular formula is C13H8F2N2O. The Morgan fingerprint density at radius 2 is 2.06 bits per heavy atom. The van der Waals surface area contributed by atoms with Gasteiger partial charge in [0.15, 0.2) is 11.6 Å². The summed E-state index contributed by atoms with van der Waals surface area (Å²) in [5, 5.41) is 8.80. The minimum atomic E-state index is -0.993. The van der Waals surface area contributed by atoms with Crippen molar-refractivity contribution in [2.24, 2.45) is 0 Å². The van der Waals surface area contributed by atoms with Crippen molar-refractivity contribution < 1.29 is 13.5 Å². The second-order valence-electron chi connectivity index (χ2n) is 3.49. The highest BCUT2D eigenvalue weighted by molar-refractivity contribution is 5.70. The number of aromatic nitrogens is 1. The van der Waals surface area contributed by atoms with E-state index in [0.29, 0.717) is 0 Å².